The van der Waals surface area contributed by atoms with E-state index in [0.717, 1.165) is 64.2 Å². The number of unbranched alkanes of at least 4 members (excludes halogenated alkanes) is 45. The smallest absolute Gasteiger partial charge is 0.726 e. The van der Waals surface area contributed by atoms with Crippen LogP contribution in [0.2, 0.25) is 0 Å². The molecule has 0 radical (unpaired) electrons. The molecule has 0 aromatic carbocycles. The van der Waals surface area contributed by atoms with Gasteiger partial charge in [0.2, 0.25) is 52.0 Å². The van der Waals surface area contributed by atoms with E-state index in [1.165, 1.54) is 225 Å². The van der Waals surface area contributed by atoms with E-state index in [0.29, 0.717) is 32.1 Å². The zero-order chi connectivity index (χ0) is 64.9. The van der Waals surface area contributed by atoms with Gasteiger partial charge in [0.05, 0.1) is 33.0 Å². The quantitative estimate of drug-likeness (QED) is 0.0236. The van der Waals surface area contributed by atoms with E-state index in [4.69, 9.17) is 0 Å². The third kappa shape index (κ3) is 125. The molecule has 0 aliphatic carbocycles. The Morgan fingerprint density at radius 1 is 0.184 bits per heavy atom. The van der Waals surface area contributed by atoms with Crippen LogP contribution in [0.15, 0.2) is 0 Å². The Balaban J connectivity index is -0.000000183. The number of rotatable bonds is 60. The Bertz CT molecular complexity index is 1580. The van der Waals surface area contributed by atoms with Gasteiger partial charge in [0.1, 0.15) is 0 Å². The molecule has 0 aromatic heterocycles. The van der Waals surface area contributed by atoms with Crippen molar-refractivity contribution in [1.29, 1.82) is 0 Å². The van der Waals surface area contributed by atoms with Gasteiger partial charge in [0, 0.05) is 0 Å². The van der Waals surface area contributed by atoms with Crippen molar-refractivity contribution in [3.63, 3.8) is 0 Å². The van der Waals surface area contributed by atoms with E-state index in [9.17, 15) is 64.9 Å². The van der Waals surface area contributed by atoms with Crippen LogP contribution in [0.5, 0.6) is 0 Å². The van der Waals surface area contributed by atoms with Crippen molar-refractivity contribution < 1.29 is 157 Å². The molecule has 0 N–H and O–H groups in total. The number of hydrogen-bond acceptors (Lipinski definition) is 20. The molecule has 0 unspecified atom stereocenters. The van der Waals surface area contributed by atoms with Crippen LogP contribution >= 0.6 is 0 Å². The van der Waals surface area contributed by atoms with Crippen molar-refractivity contribution in [3.05, 3.63) is 0 Å². The third-order valence-electron chi connectivity index (χ3n) is 13.6. The molecular formula is C60H125CeNaO20S5. The van der Waals surface area contributed by atoms with Gasteiger partial charge in [-0.05, 0) is 32.1 Å². The normalized spacial score (nSPS) is 11.6. The Morgan fingerprint density at radius 3 is 0.345 bits per heavy atom. The predicted molar refractivity (Wildman–Crippen MR) is 337 cm³/mol. The Labute approximate surface area is 591 Å². The first kappa shape index (κ1) is 102. The van der Waals surface area contributed by atoms with Crippen LogP contribution in [0.4, 0.5) is 0 Å². The average Bonchev–Trinajstić information content (AvgIpc) is 3.41. The van der Waals surface area contributed by atoms with Gasteiger partial charge in [-0.3, -0.25) is 20.9 Å². The van der Waals surface area contributed by atoms with Crippen molar-refractivity contribution in [3.8, 4) is 0 Å². The fraction of sp³-hybridized carbons (Fsp3) is 1.00. The standard InChI is InChI=1S/5C12H26O4S.Ce.Na/c5*1-2-3-4-5-6-7-8-9-10-11-12-16-17(13,14)15;;/h5*2-12H2,1H3,(H,13,14,15);;/q;;;;;+4;+1/p-5. The van der Waals surface area contributed by atoms with Gasteiger partial charge >= 0.3 is 71.3 Å². The van der Waals surface area contributed by atoms with Crippen LogP contribution < -0.4 is 29.6 Å². The summed E-state index contributed by atoms with van der Waals surface area (Å²) in [6.07, 6.45) is 58.5. The summed E-state index contributed by atoms with van der Waals surface area (Å²) in [5, 5.41) is 0. The van der Waals surface area contributed by atoms with E-state index >= 15 is 0 Å². The maximum Gasteiger partial charge on any atom is 4.00 e. The van der Waals surface area contributed by atoms with Gasteiger partial charge in [-0.15, -0.1) is 0 Å². The molecule has 0 fully saturated rings. The summed E-state index contributed by atoms with van der Waals surface area (Å²) in [6.45, 7) is 11.2. The summed E-state index contributed by atoms with van der Waals surface area (Å²) < 4.78 is 172. The molecule has 0 atom stereocenters. The summed E-state index contributed by atoms with van der Waals surface area (Å²) in [4.78, 5) is 0. The molecule has 20 nitrogen and oxygen atoms in total. The minimum Gasteiger partial charge on any atom is -0.726 e. The molecule has 0 saturated carbocycles. The van der Waals surface area contributed by atoms with Crippen LogP contribution in [-0.2, 0) is 72.9 Å². The molecule has 0 aromatic rings. The SMILES string of the molecule is CCCCCCCCCCCCOS(=O)(=O)[O-].CCCCCCCCCCCCOS(=O)(=O)[O-].CCCCCCCCCCCCOS(=O)(=O)[O-].CCCCCCCCCCCCOS(=O)(=O)[O-].CCCCCCCCCCCCOS(=O)(=O)[O-].[Ce+4].[Na+]. The van der Waals surface area contributed by atoms with Gasteiger partial charge in [-0.1, -0.05) is 324 Å². The Kier molecular flexibility index (Phi) is 92.2. The van der Waals surface area contributed by atoms with Crippen molar-refractivity contribution >= 4 is 52.0 Å². The summed E-state index contributed by atoms with van der Waals surface area (Å²) in [5.41, 5.74) is 0. The fourth-order valence-corrected chi connectivity index (χ4v) is 10.4. The van der Waals surface area contributed by atoms with Crippen molar-refractivity contribution in [2.24, 2.45) is 0 Å². The molecule has 0 aliphatic rings. The van der Waals surface area contributed by atoms with Gasteiger partial charge in [0.25, 0.3) is 0 Å². The van der Waals surface area contributed by atoms with Crippen molar-refractivity contribution in [2.75, 3.05) is 33.0 Å². The summed E-state index contributed by atoms with van der Waals surface area (Å²) in [6, 6.07) is 0. The first-order valence-corrected chi connectivity index (χ1v) is 40.0. The van der Waals surface area contributed by atoms with E-state index < -0.39 is 52.0 Å². The zero-order valence-electron chi connectivity index (χ0n) is 55.6. The minimum atomic E-state index is -4.48. The maximum atomic E-state index is 10.1. The van der Waals surface area contributed by atoms with Crippen LogP contribution in [0.3, 0.4) is 0 Å². The number of hydrogen-bond donors (Lipinski definition) is 0. The minimum absolute atomic E-state index is 0. The first-order valence-electron chi connectivity index (χ1n) is 33.3. The predicted octanol–water partition coefficient (Wildman–Crippen LogP) is 13.9. The summed E-state index contributed by atoms with van der Waals surface area (Å²) in [5.74, 6) is 0. The van der Waals surface area contributed by atoms with Crippen molar-refractivity contribution in [1.82, 2.24) is 0 Å². The molecule has 0 bridgehead atoms. The maximum absolute atomic E-state index is 10.1. The average molecular weight is 1490 g/mol. The van der Waals surface area contributed by atoms with Crippen LogP contribution in [0.1, 0.15) is 356 Å². The van der Waals surface area contributed by atoms with Gasteiger partial charge < -0.3 is 22.8 Å². The molecule has 0 heterocycles. The fourth-order valence-electron chi connectivity index (χ4n) is 8.75. The topological polar surface area (TPSA) is 332 Å². The van der Waals surface area contributed by atoms with E-state index in [1.807, 2.05) is 0 Å². The molecule has 0 saturated heterocycles. The molecule has 87 heavy (non-hydrogen) atoms. The molecule has 520 valence electrons. The Hall–Kier alpha value is 1.73. The first-order chi connectivity index (χ1) is 40.3. The zero-order valence-corrected chi connectivity index (χ0v) is 64.8. The van der Waals surface area contributed by atoms with Crippen LogP contribution in [0, 0.1) is 41.7 Å². The third-order valence-corrected chi connectivity index (χ3v) is 15.9. The molecule has 0 spiro atoms. The second-order valence-corrected chi connectivity index (χ2v) is 27.3. The van der Waals surface area contributed by atoms with Gasteiger partial charge in [-0.25, -0.2) is 42.1 Å². The van der Waals surface area contributed by atoms with E-state index in [-0.39, 0.29) is 104 Å². The Morgan fingerprint density at radius 2 is 0.264 bits per heavy atom. The molecule has 0 amide bonds. The largest absolute Gasteiger partial charge is 4.00 e. The second-order valence-electron chi connectivity index (χ2n) is 22.1. The molecule has 27 heteroatoms. The van der Waals surface area contributed by atoms with Crippen LogP contribution in [0.25, 0.3) is 0 Å². The van der Waals surface area contributed by atoms with Gasteiger partial charge in [0.15, 0.2) is 0 Å². The molecule has 0 rings (SSSR count). The van der Waals surface area contributed by atoms with Gasteiger partial charge in [-0.2, -0.15) is 0 Å². The second kappa shape index (κ2) is 78.4. The summed E-state index contributed by atoms with van der Waals surface area (Å²) in [7, 11) is -22.4. The molecular weight excluding hydrogens is 1360 g/mol. The van der Waals surface area contributed by atoms with Crippen LogP contribution in [-0.4, -0.2) is 97.9 Å². The van der Waals surface area contributed by atoms with E-state index in [1.54, 1.807) is 0 Å². The van der Waals surface area contributed by atoms with E-state index in [2.05, 4.69) is 55.5 Å². The monoisotopic (exact) mass is 1490 g/mol. The van der Waals surface area contributed by atoms with Crippen molar-refractivity contribution in [2.45, 2.75) is 356 Å². The summed E-state index contributed by atoms with van der Waals surface area (Å²) >= 11 is 0. The molecule has 0 aliphatic heterocycles.